The maximum absolute atomic E-state index is 11.2. The average Bonchev–Trinajstić information content (AvgIpc) is 2.23. The van der Waals surface area contributed by atoms with E-state index in [2.05, 4.69) is 23.9 Å². The van der Waals surface area contributed by atoms with Crippen molar-refractivity contribution in [3.63, 3.8) is 0 Å². The zero-order chi connectivity index (χ0) is 12.7. The second kappa shape index (κ2) is 7.63. The predicted molar refractivity (Wildman–Crippen MR) is 64.1 cm³/mol. The number of methoxy groups -OCH3 is 1. The molecule has 3 atom stereocenters. The summed E-state index contributed by atoms with van der Waals surface area (Å²) in [6.45, 7) is 8.11. The second-order valence-corrected chi connectivity index (χ2v) is 4.76. The van der Waals surface area contributed by atoms with Crippen LogP contribution >= 0.6 is 0 Å². The van der Waals surface area contributed by atoms with E-state index in [0.29, 0.717) is 5.92 Å². The number of aliphatic hydroxyl groups is 1. The van der Waals surface area contributed by atoms with Gasteiger partial charge in [0.15, 0.2) is 0 Å². The third-order valence-corrected chi connectivity index (χ3v) is 2.81. The van der Waals surface area contributed by atoms with E-state index in [9.17, 15) is 9.90 Å². The molecule has 2 unspecified atom stereocenters. The van der Waals surface area contributed by atoms with Crippen molar-refractivity contribution in [2.45, 2.75) is 46.2 Å². The number of hydrogen-bond acceptors (Lipinski definition) is 4. The number of aliphatic hydroxyl groups excluding tert-OH is 1. The van der Waals surface area contributed by atoms with Crippen LogP contribution in [-0.2, 0) is 9.53 Å². The lowest BCUT2D eigenvalue weighted by Crippen LogP contribution is -2.43. The minimum absolute atomic E-state index is 0.0832. The molecule has 96 valence electrons. The molecule has 0 heterocycles. The molecule has 4 heteroatoms. The van der Waals surface area contributed by atoms with Gasteiger partial charge in [-0.05, 0) is 19.3 Å². The van der Waals surface area contributed by atoms with Gasteiger partial charge in [-0.25, -0.2) is 0 Å². The molecule has 2 N–H and O–H groups in total. The lowest BCUT2D eigenvalue weighted by Gasteiger charge is -2.25. The van der Waals surface area contributed by atoms with Crippen LogP contribution in [0.25, 0.3) is 0 Å². The first kappa shape index (κ1) is 15.4. The molecule has 0 aromatic carbocycles. The molecule has 4 nitrogen and oxygen atoms in total. The standard InChI is InChI=1S/C12H25NO3/c1-8(2)11(7-14)13-10(4)6-9(3)12(15)16-5/h8-11,13-14H,6-7H2,1-5H3/t9?,10?,11-/m1/s1. The number of carbonyl (C=O) groups excluding carboxylic acids is 1. The third-order valence-electron chi connectivity index (χ3n) is 2.81. The quantitative estimate of drug-likeness (QED) is 0.646. The molecule has 0 spiro atoms. The molecule has 0 radical (unpaired) electrons. The van der Waals surface area contributed by atoms with E-state index in [-0.39, 0.29) is 30.6 Å². The minimum Gasteiger partial charge on any atom is -0.469 e. The van der Waals surface area contributed by atoms with Gasteiger partial charge < -0.3 is 15.2 Å². The van der Waals surface area contributed by atoms with Gasteiger partial charge in [0.1, 0.15) is 0 Å². The molecule has 0 aromatic rings. The van der Waals surface area contributed by atoms with E-state index in [4.69, 9.17) is 0 Å². The Kier molecular flexibility index (Phi) is 7.34. The molecule has 16 heavy (non-hydrogen) atoms. The van der Waals surface area contributed by atoms with E-state index in [0.717, 1.165) is 6.42 Å². The summed E-state index contributed by atoms with van der Waals surface area (Å²) in [7, 11) is 1.40. The first-order chi connectivity index (χ1) is 7.42. The highest BCUT2D eigenvalue weighted by atomic mass is 16.5. The minimum atomic E-state index is -0.182. The van der Waals surface area contributed by atoms with Crippen LogP contribution in [0.4, 0.5) is 0 Å². The molecule has 0 amide bonds. The van der Waals surface area contributed by atoms with E-state index < -0.39 is 0 Å². The van der Waals surface area contributed by atoms with Gasteiger partial charge in [-0.3, -0.25) is 4.79 Å². The summed E-state index contributed by atoms with van der Waals surface area (Å²) < 4.78 is 4.68. The molecule has 0 aliphatic carbocycles. The molecule has 0 aliphatic heterocycles. The number of esters is 1. The van der Waals surface area contributed by atoms with E-state index >= 15 is 0 Å². The molecule has 0 aromatic heterocycles. The van der Waals surface area contributed by atoms with Crippen LogP contribution in [0.2, 0.25) is 0 Å². The monoisotopic (exact) mass is 231 g/mol. The summed E-state index contributed by atoms with van der Waals surface area (Å²) in [5.74, 6) is 0.0821. The van der Waals surface area contributed by atoms with Gasteiger partial charge in [0.05, 0.1) is 19.6 Å². The smallest absolute Gasteiger partial charge is 0.308 e. The Morgan fingerprint density at radius 2 is 1.88 bits per heavy atom. The van der Waals surface area contributed by atoms with E-state index in [1.165, 1.54) is 7.11 Å². The zero-order valence-electron chi connectivity index (χ0n) is 11.0. The lowest BCUT2D eigenvalue weighted by molar-refractivity contribution is -0.145. The Bertz CT molecular complexity index is 206. The van der Waals surface area contributed by atoms with Crippen LogP contribution in [-0.4, -0.2) is 36.9 Å². The predicted octanol–water partition coefficient (Wildman–Crippen LogP) is 1.18. The number of carbonyl (C=O) groups is 1. The molecular weight excluding hydrogens is 206 g/mol. The maximum Gasteiger partial charge on any atom is 0.308 e. The van der Waals surface area contributed by atoms with Crippen molar-refractivity contribution < 1.29 is 14.6 Å². The Hall–Kier alpha value is -0.610. The van der Waals surface area contributed by atoms with Gasteiger partial charge in [0.2, 0.25) is 0 Å². The summed E-state index contributed by atoms with van der Waals surface area (Å²) in [4.78, 5) is 11.2. The Balaban J connectivity index is 4.06. The van der Waals surface area contributed by atoms with Crippen LogP contribution in [0.5, 0.6) is 0 Å². The van der Waals surface area contributed by atoms with Crippen LogP contribution < -0.4 is 5.32 Å². The topological polar surface area (TPSA) is 58.6 Å². The van der Waals surface area contributed by atoms with Crippen LogP contribution in [0.3, 0.4) is 0 Å². The summed E-state index contributed by atoms with van der Waals surface area (Å²) in [6.07, 6.45) is 0.718. The van der Waals surface area contributed by atoms with Crippen molar-refractivity contribution in [2.24, 2.45) is 11.8 Å². The summed E-state index contributed by atoms with van der Waals surface area (Å²) in [5.41, 5.74) is 0. The van der Waals surface area contributed by atoms with E-state index in [1.807, 2.05) is 13.8 Å². The third kappa shape index (κ3) is 5.47. The zero-order valence-corrected chi connectivity index (χ0v) is 11.0. The fourth-order valence-electron chi connectivity index (χ4n) is 1.72. The normalized spacial score (nSPS) is 16.9. The highest BCUT2D eigenvalue weighted by molar-refractivity contribution is 5.71. The van der Waals surface area contributed by atoms with Crippen LogP contribution in [0.15, 0.2) is 0 Å². The SMILES string of the molecule is COC(=O)C(C)CC(C)N[C@H](CO)C(C)C. The van der Waals surface area contributed by atoms with Gasteiger partial charge >= 0.3 is 5.97 Å². The summed E-state index contributed by atoms with van der Waals surface area (Å²) in [6, 6.07) is 0.272. The fourth-order valence-corrected chi connectivity index (χ4v) is 1.72. The molecule has 0 saturated carbocycles. The van der Waals surface area contributed by atoms with Crippen LogP contribution in [0, 0.1) is 11.8 Å². The first-order valence-electron chi connectivity index (χ1n) is 5.87. The van der Waals surface area contributed by atoms with Gasteiger partial charge in [0.25, 0.3) is 0 Å². The van der Waals surface area contributed by atoms with Crippen molar-refractivity contribution >= 4 is 5.97 Å². The Morgan fingerprint density at radius 3 is 2.25 bits per heavy atom. The van der Waals surface area contributed by atoms with E-state index in [1.54, 1.807) is 0 Å². The lowest BCUT2D eigenvalue weighted by atomic mass is 9.99. The first-order valence-corrected chi connectivity index (χ1v) is 5.87. The van der Waals surface area contributed by atoms with Gasteiger partial charge in [0, 0.05) is 12.1 Å². The number of ether oxygens (including phenoxy) is 1. The average molecular weight is 231 g/mol. The molecule has 0 aliphatic rings. The van der Waals surface area contributed by atoms with Crippen molar-refractivity contribution in [2.75, 3.05) is 13.7 Å². The molecule has 0 saturated heterocycles. The van der Waals surface area contributed by atoms with Crippen molar-refractivity contribution in [3.05, 3.63) is 0 Å². The van der Waals surface area contributed by atoms with Crippen molar-refractivity contribution in [1.82, 2.24) is 5.32 Å². The van der Waals surface area contributed by atoms with Crippen molar-refractivity contribution in [1.29, 1.82) is 0 Å². The molecule has 0 rings (SSSR count). The number of nitrogens with one attached hydrogen (secondary N) is 1. The van der Waals surface area contributed by atoms with Crippen molar-refractivity contribution in [3.8, 4) is 0 Å². The summed E-state index contributed by atoms with van der Waals surface area (Å²) >= 11 is 0. The van der Waals surface area contributed by atoms with Crippen LogP contribution in [0.1, 0.15) is 34.1 Å². The Labute approximate surface area is 98.4 Å². The maximum atomic E-state index is 11.2. The molecular formula is C12H25NO3. The largest absolute Gasteiger partial charge is 0.469 e. The van der Waals surface area contributed by atoms with Gasteiger partial charge in [-0.1, -0.05) is 20.8 Å². The summed E-state index contributed by atoms with van der Waals surface area (Å²) in [5, 5.41) is 12.5. The Morgan fingerprint density at radius 1 is 1.31 bits per heavy atom. The second-order valence-electron chi connectivity index (χ2n) is 4.76. The highest BCUT2D eigenvalue weighted by Crippen LogP contribution is 2.10. The highest BCUT2D eigenvalue weighted by Gasteiger charge is 2.20. The molecule has 0 fully saturated rings. The fraction of sp³-hybridized carbons (Fsp3) is 0.917. The molecule has 0 bridgehead atoms. The van der Waals surface area contributed by atoms with Gasteiger partial charge in [-0.2, -0.15) is 0 Å². The number of hydrogen-bond donors (Lipinski definition) is 2. The number of rotatable bonds is 7. The van der Waals surface area contributed by atoms with Gasteiger partial charge in [-0.15, -0.1) is 0 Å².